The van der Waals surface area contributed by atoms with Crippen LogP contribution >= 0.6 is 0 Å². The number of Topliss-reactive ketones (excluding diaryl/α,β-unsaturated/α-hetero) is 1. The van der Waals surface area contributed by atoms with Crippen molar-refractivity contribution < 1.29 is 19.4 Å². The molecule has 0 heterocycles. The third kappa shape index (κ3) is 2.16. The molecule has 0 saturated carbocycles. The standard InChI is InChI=1S/C14H20O4/c1-9(15)14(16)7-6-10-11(8-14)13(18-3)5-4-12(10)17-2/h6-7,12-13,16H,4-5,8H2,1-3H3. The molecule has 0 aliphatic heterocycles. The maximum atomic E-state index is 11.5. The highest BCUT2D eigenvalue weighted by Crippen LogP contribution is 2.38. The van der Waals surface area contributed by atoms with Crippen molar-refractivity contribution in [1.82, 2.24) is 0 Å². The van der Waals surface area contributed by atoms with E-state index in [1.807, 2.05) is 6.08 Å². The van der Waals surface area contributed by atoms with E-state index in [1.165, 1.54) is 6.92 Å². The lowest BCUT2D eigenvalue weighted by atomic mass is 9.75. The van der Waals surface area contributed by atoms with Crippen LogP contribution in [-0.4, -0.2) is 42.9 Å². The van der Waals surface area contributed by atoms with Gasteiger partial charge in [-0.2, -0.15) is 0 Å². The average molecular weight is 252 g/mol. The Hall–Kier alpha value is -0.970. The molecule has 0 spiro atoms. The third-order valence-corrected chi connectivity index (χ3v) is 3.97. The van der Waals surface area contributed by atoms with E-state index >= 15 is 0 Å². The van der Waals surface area contributed by atoms with Crippen LogP contribution in [0.25, 0.3) is 0 Å². The summed E-state index contributed by atoms with van der Waals surface area (Å²) in [5, 5.41) is 10.3. The zero-order chi connectivity index (χ0) is 13.3. The van der Waals surface area contributed by atoms with E-state index in [0.717, 1.165) is 24.0 Å². The molecule has 0 aromatic heterocycles. The minimum atomic E-state index is -1.38. The summed E-state index contributed by atoms with van der Waals surface area (Å²) in [5.74, 6) is -0.236. The molecule has 18 heavy (non-hydrogen) atoms. The number of ether oxygens (including phenoxy) is 2. The summed E-state index contributed by atoms with van der Waals surface area (Å²) >= 11 is 0. The number of methoxy groups -OCH3 is 2. The van der Waals surface area contributed by atoms with E-state index < -0.39 is 5.60 Å². The number of rotatable bonds is 3. The van der Waals surface area contributed by atoms with E-state index in [9.17, 15) is 9.90 Å². The van der Waals surface area contributed by atoms with Crippen LogP contribution in [0, 0.1) is 0 Å². The molecular weight excluding hydrogens is 232 g/mol. The van der Waals surface area contributed by atoms with Gasteiger partial charge in [-0.1, -0.05) is 6.08 Å². The zero-order valence-corrected chi connectivity index (χ0v) is 11.1. The van der Waals surface area contributed by atoms with Gasteiger partial charge in [-0.15, -0.1) is 0 Å². The molecule has 0 saturated heterocycles. The molecule has 2 rings (SSSR count). The van der Waals surface area contributed by atoms with Crippen molar-refractivity contribution in [3.05, 3.63) is 23.3 Å². The lowest BCUT2D eigenvalue weighted by Gasteiger charge is -2.37. The first kappa shape index (κ1) is 13.5. The molecule has 2 aliphatic carbocycles. The predicted octanol–water partition coefficient (Wildman–Crippen LogP) is 1.39. The molecule has 1 N–H and O–H groups in total. The number of ketones is 1. The Morgan fingerprint density at radius 3 is 2.50 bits per heavy atom. The first-order valence-corrected chi connectivity index (χ1v) is 6.23. The van der Waals surface area contributed by atoms with Gasteiger partial charge >= 0.3 is 0 Å². The fourth-order valence-electron chi connectivity index (χ4n) is 2.78. The minimum absolute atomic E-state index is 0.0257. The summed E-state index contributed by atoms with van der Waals surface area (Å²) in [6, 6.07) is 0. The Labute approximate surface area is 107 Å². The van der Waals surface area contributed by atoms with Crippen molar-refractivity contribution in [3.63, 3.8) is 0 Å². The van der Waals surface area contributed by atoms with Gasteiger partial charge in [0.2, 0.25) is 0 Å². The summed E-state index contributed by atoms with van der Waals surface area (Å²) in [6.45, 7) is 1.41. The molecular formula is C14H20O4. The summed E-state index contributed by atoms with van der Waals surface area (Å²) in [4.78, 5) is 11.5. The Balaban J connectivity index is 2.36. The third-order valence-electron chi connectivity index (χ3n) is 3.97. The van der Waals surface area contributed by atoms with Crippen molar-refractivity contribution in [2.24, 2.45) is 0 Å². The van der Waals surface area contributed by atoms with Crippen molar-refractivity contribution in [1.29, 1.82) is 0 Å². The lowest BCUT2D eigenvalue weighted by molar-refractivity contribution is -0.131. The van der Waals surface area contributed by atoms with Gasteiger partial charge in [0.05, 0.1) is 12.2 Å². The molecule has 0 bridgehead atoms. The molecule has 100 valence electrons. The van der Waals surface area contributed by atoms with Gasteiger partial charge < -0.3 is 14.6 Å². The summed E-state index contributed by atoms with van der Waals surface area (Å²) in [6.07, 6.45) is 5.48. The summed E-state index contributed by atoms with van der Waals surface area (Å²) < 4.78 is 10.9. The van der Waals surface area contributed by atoms with Gasteiger partial charge in [-0.05, 0) is 37.0 Å². The van der Waals surface area contributed by atoms with Crippen molar-refractivity contribution in [2.45, 2.75) is 44.0 Å². The Bertz CT molecular complexity index is 410. The van der Waals surface area contributed by atoms with Crippen LogP contribution in [0.3, 0.4) is 0 Å². The van der Waals surface area contributed by atoms with Crippen LogP contribution in [0.2, 0.25) is 0 Å². The van der Waals surface area contributed by atoms with Gasteiger partial charge in [-0.25, -0.2) is 0 Å². The van der Waals surface area contributed by atoms with E-state index in [4.69, 9.17) is 9.47 Å². The van der Waals surface area contributed by atoms with E-state index in [0.29, 0.717) is 6.42 Å². The molecule has 3 unspecified atom stereocenters. The second-order valence-electron chi connectivity index (χ2n) is 5.00. The Kier molecular flexibility index (Phi) is 3.71. The molecule has 0 aromatic carbocycles. The van der Waals surface area contributed by atoms with E-state index in [2.05, 4.69) is 0 Å². The molecule has 0 aromatic rings. The summed E-state index contributed by atoms with van der Waals surface area (Å²) in [7, 11) is 3.34. The van der Waals surface area contributed by atoms with Gasteiger partial charge in [0, 0.05) is 20.6 Å². The second kappa shape index (κ2) is 4.96. The van der Waals surface area contributed by atoms with Crippen LogP contribution in [0.5, 0.6) is 0 Å². The highest BCUT2D eigenvalue weighted by atomic mass is 16.5. The fourth-order valence-corrected chi connectivity index (χ4v) is 2.78. The quantitative estimate of drug-likeness (QED) is 0.824. The van der Waals surface area contributed by atoms with Gasteiger partial charge in [0.1, 0.15) is 5.60 Å². The first-order valence-electron chi connectivity index (χ1n) is 6.23. The Morgan fingerprint density at radius 2 is 1.94 bits per heavy atom. The van der Waals surface area contributed by atoms with Crippen LogP contribution in [-0.2, 0) is 14.3 Å². The molecule has 0 fully saturated rings. The van der Waals surface area contributed by atoms with Crippen LogP contribution < -0.4 is 0 Å². The second-order valence-corrected chi connectivity index (χ2v) is 5.00. The van der Waals surface area contributed by atoms with Gasteiger partial charge in [0.25, 0.3) is 0 Å². The van der Waals surface area contributed by atoms with Crippen molar-refractivity contribution in [2.75, 3.05) is 14.2 Å². The largest absolute Gasteiger partial charge is 0.378 e. The maximum Gasteiger partial charge on any atom is 0.165 e. The molecule has 4 nitrogen and oxygen atoms in total. The van der Waals surface area contributed by atoms with Crippen molar-refractivity contribution in [3.8, 4) is 0 Å². The van der Waals surface area contributed by atoms with Crippen LogP contribution in [0.1, 0.15) is 26.2 Å². The normalized spacial score (nSPS) is 35.6. The zero-order valence-electron chi connectivity index (χ0n) is 11.1. The number of carbonyl (C=O) groups is 1. The molecule has 0 amide bonds. The van der Waals surface area contributed by atoms with E-state index in [1.54, 1.807) is 20.3 Å². The molecule has 3 atom stereocenters. The number of aliphatic hydroxyl groups is 1. The molecule has 2 aliphatic rings. The maximum absolute atomic E-state index is 11.5. The van der Waals surface area contributed by atoms with Gasteiger partial charge in [0.15, 0.2) is 5.78 Å². The minimum Gasteiger partial charge on any atom is -0.378 e. The van der Waals surface area contributed by atoms with Crippen LogP contribution in [0.4, 0.5) is 0 Å². The predicted molar refractivity (Wildman–Crippen MR) is 67.2 cm³/mol. The number of hydrogen-bond donors (Lipinski definition) is 1. The molecule has 4 heteroatoms. The van der Waals surface area contributed by atoms with E-state index in [-0.39, 0.29) is 18.0 Å². The highest BCUT2D eigenvalue weighted by molar-refractivity contribution is 5.88. The monoisotopic (exact) mass is 252 g/mol. The van der Waals surface area contributed by atoms with Crippen LogP contribution in [0.15, 0.2) is 23.3 Å². The fraction of sp³-hybridized carbons (Fsp3) is 0.643. The number of carbonyl (C=O) groups excluding carboxylic acids is 1. The highest BCUT2D eigenvalue weighted by Gasteiger charge is 2.40. The molecule has 0 radical (unpaired) electrons. The summed E-state index contributed by atoms with van der Waals surface area (Å²) in [5.41, 5.74) is 0.669. The smallest absolute Gasteiger partial charge is 0.165 e. The SMILES string of the molecule is COC1CCC(OC)C2=C1C=CC(O)(C(C)=O)C2. The average Bonchev–Trinajstić information content (AvgIpc) is 2.37. The Morgan fingerprint density at radius 1 is 1.33 bits per heavy atom. The number of hydrogen-bond acceptors (Lipinski definition) is 4. The van der Waals surface area contributed by atoms with Crippen molar-refractivity contribution >= 4 is 5.78 Å². The van der Waals surface area contributed by atoms with Gasteiger partial charge in [-0.3, -0.25) is 4.79 Å². The lowest BCUT2D eigenvalue weighted by Crippen LogP contribution is -2.41. The first-order chi connectivity index (χ1) is 8.51. The topological polar surface area (TPSA) is 55.8 Å².